The lowest BCUT2D eigenvalue weighted by Crippen LogP contribution is -2.27. The Labute approximate surface area is 116 Å². The Hall–Kier alpha value is -1.88. The predicted octanol–water partition coefficient (Wildman–Crippen LogP) is 2.51. The lowest BCUT2D eigenvalue weighted by molar-refractivity contribution is 0.0951. The third-order valence-electron chi connectivity index (χ3n) is 2.48. The average Bonchev–Trinajstić information content (AvgIpc) is 2.93. The summed E-state index contributed by atoms with van der Waals surface area (Å²) in [7, 11) is 0. The van der Waals surface area contributed by atoms with E-state index in [2.05, 4.69) is 10.3 Å². The number of nitrogens with zero attached hydrogens (tertiary/aromatic N) is 1. The Morgan fingerprint density at radius 2 is 2.16 bits per heavy atom. The van der Waals surface area contributed by atoms with E-state index in [-0.39, 0.29) is 5.91 Å². The normalized spacial score (nSPS) is 10.2. The minimum Gasteiger partial charge on any atom is -0.492 e. The lowest BCUT2D eigenvalue weighted by Gasteiger charge is -2.06. The number of thiazole rings is 1. The quantitative estimate of drug-likeness (QED) is 0.825. The SMILES string of the molecule is CCc1ncc(C(=O)NCCOc2ccccc2)s1. The highest BCUT2D eigenvalue weighted by Gasteiger charge is 2.08. The standard InChI is InChI=1S/C14H16N2O2S/c1-2-13-16-10-12(19-13)14(17)15-8-9-18-11-6-4-3-5-7-11/h3-7,10H,2,8-9H2,1H3,(H,15,17). The molecule has 100 valence electrons. The molecule has 0 saturated heterocycles. The third-order valence-corrected chi connectivity index (χ3v) is 3.62. The second-order valence-corrected chi connectivity index (χ2v) is 5.00. The van der Waals surface area contributed by atoms with Crippen molar-refractivity contribution in [2.45, 2.75) is 13.3 Å². The highest BCUT2D eigenvalue weighted by Crippen LogP contribution is 2.13. The molecular formula is C14H16N2O2S. The van der Waals surface area contributed by atoms with Gasteiger partial charge >= 0.3 is 0 Å². The van der Waals surface area contributed by atoms with Crippen molar-refractivity contribution in [1.82, 2.24) is 10.3 Å². The molecule has 0 aliphatic rings. The van der Waals surface area contributed by atoms with Gasteiger partial charge < -0.3 is 10.1 Å². The van der Waals surface area contributed by atoms with Gasteiger partial charge in [-0.2, -0.15) is 0 Å². The van der Waals surface area contributed by atoms with Crippen molar-refractivity contribution in [3.05, 3.63) is 46.4 Å². The molecule has 2 aromatic rings. The molecule has 1 N–H and O–H groups in total. The van der Waals surface area contributed by atoms with Crippen LogP contribution in [0.2, 0.25) is 0 Å². The summed E-state index contributed by atoms with van der Waals surface area (Å²) in [5.41, 5.74) is 0. The van der Waals surface area contributed by atoms with Crippen LogP contribution >= 0.6 is 11.3 Å². The first kappa shape index (κ1) is 13.5. The molecule has 0 fully saturated rings. The van der Waals surface area contributed by atoms with Crippen molar-refractivity contribution >= 4 is 17.2 Å². The Bertz CT molecular complexity index is 525. The summed E-state index contributed by atoms with van der Waals surface area (Å²) in [6, 6.07) is 9.54. The molecule has 1 amide bonds. The first-order valence-corrected chi connectivity index (χ1v) is 7.02. The number of nitrogens with one attached hydrogen (secondary N) is 1. The number of para-hydroxylation sites is 1. The molecule has 1 heterocycles. The Morgan fingerprint density at radius 3 is 2.84 bits per heavy atom. The molecule has 0 bridgehead atoms. The second-order valence-electron chi connectivity index (χ2n) is 3.89. The van der Waals surface area contributed by atoms with Crippen LogP contribution in [0.15, 0.2) is 36.5 Å². The first-order chi connectivity index (χ1) is 9.29. The number of hydrogen-bond donors (Lipinski definition) is 1. The molecule has 0 saturated carbocycles. The topological polar surface area (TPSA) is 51.2 Å². The molecular weight excluding hydrogens is 260 g/mol. The summed E-state index contributed by atoms with van der Waals surface area (Å²) in [6.45, 7) is 2.95. The number of benzene rings is 1. The lowest BCUT2D eigenvalue weighted by atomic mass is 10.3. The van der Waals surface area contributed by atoms with Gasteiger partial charge in [-0.1, -0.05) is 25.1 Å². The van der Waals surface area contributed by atoms with Gasteiger partial charge in [-0.15, -0.1) is 11.3 Å². The second kappa shape index (κ2) is 6.89. The molecule has 19 heavy (non-hydrogen) atoms. The molecule has 5 heteroatoms. The third kappa shape index (κ3) is 4.06. The summed E-state index contributed by atoms with van der Waals surface area (Å²) < 4.78 is 5.49. The van der Waals surface area contributed by atoms with Gasteiger partial charge in [0.05, 0.1) is 17.7 Å². The van der Waals surface area contributed by atoms with Crippen molar-refractivity contribution in [2.75, 3.05) is 13.2 Å². The van der Waals surface area contributed by atoms with Crippen LogP contribution < -0.4 is 10.1 Å². The number of aryl methyl sites for hydroxylation is 1. The van der Waals surface area contributed by atoms with E-state index in [1.54, 1.807) is 6.20 Å². The average molecular weight is 276 g/mol. The minimum absolute atomic E-state index is 0.0890. The molecule has 2 rings (SSSR count). The van der Waals surface area contributed by atoms with Gasteiger partial charge in [0, 0.05) is 0 Å². The molecule has 0 unspecified atom stereocenters. The van der Waals surface area contributed by atoms with Gasteiger partial charge in [0.15, 0.2) is 0 Å². The van der Waals surface area contributed by atoms with Gasteiger partial charge in [0.1, 0.15) is 17.2 Å². The monoisotopic (exact) mass is 276 g/mol. The molecule has 0 aliphatic carbocycles. The highest BCUT2D eigenvalue weighted by atomic mass is 32.1. The van der Waals surface area contributed by atoms with E-state index in [0.29, 0.717) is 18.0 Å². The molecule has 4 nitrogen and oxygen atoms in total. The number of ether oxygens (including phenoxy) is 1. The number of amides is 1. The van der Waals surface area contributed by atoms with Crippen LogP contribution in [0.1, 0.15) is 21.6 Å². The van der Waals surface area contributed by atoms with E-state index in [1.807, 2.05) is 37.3 Å². The highest BCUT2D eigenvalue weighted by molar-refractivity contribution is 7.13. The van der Waals surface area contributed by atoms with Crippen molar-refractivity contribution in [1.29, 1.82) is 0 Å². The van der Waals surface area contributed by atoms with Crippen LogP contribution in [0.5, 0.6) is 5.75 Å². The van der Waals surface area contributed by atoms with E-state index >= 15 is 0 Å². The van der Waals surface area contributed by atoms with E-state index in [0.717, 1.165) is 17.2 Å². The molecule has 1 aromatic carbocycles. The van der Waals surface area contributed by atoms with E-state index < -0.39 is 0 Å². The van der Waals surface area contributed by atoms with Crippen LogP contribution in [0, 0.1) is 0 Å². The number of carbonyl (C=O) groups excluding carboxylic acids is 1. The number of carbonyl (C=O) groups is 1. The Kier molecular flexibility index (Phi) is 4.92. The van der Waals surface area contributed by atoms with E-state index in [1.165, 1.54) is 11.3 Å². The van der Waals surface area contributed by atoms with Crippen molar-refractivity contribution in [3.63, 3.8) is 0 Å². The van der Waals surface area contributed by atoms with Crippen molar-refractivity contribution in [2.24, 2.45) is 0 Å². The maximum atomic E-state index is 11.8. The van der Waals surface area contributed by atoms with Gasteiger partial charge in [0.2, 0.25) is 0 Å². The number of aromatic nitrogens is 1. The van der Waals surface area contributed by atoms with Crippen molar-refractivity contribution in [3.8, 4) is 5.75 Å². The van der Waals surface area contributed by atoms with Crippen LogP contribution in [0.3, 0.4) is 0 Å². The smallest absolute Gasteiger partial charge is 0.263 e. The summed E-state index contributed by atoms with van der Waals surface area (Å²) in [4.78, 5) is 16.6. The van der Waals surface area contributed by atoms with Crippen molar-refractivity contribution < 1.29 is 9.53 Å². The molecule has 1 aromatic heterocycles. The summed E-state index contributed by atoms with van der Waals surface area (Å²) in [5.74, 6) is 0.719. The largest absolute Gasteiger partial charge is 0.492 e. The first-order valence-electron chi connectivity index (χ1n) is 6.20. The molecule has 0 spiro atoms. The van der Waals surface area contributed by atoms with Crippen LogP contribution in [-0.2, 0) is 6.42 Å². The Morgan fingerprint density at radius 1 is 1.37 bits per heavy atom. The summed E-state index contributed by atoms with van der Waals surface area (Å²) >= 11 is 1.43. The summed E-state index contributed by atoms with van der Waals surface area (Å²) in [6.07, 6.45) is 2.48. The van der Waals surface area contributed by atoms with Crippen LogP contribution in [0.25, 0.3) is 0 Å². The fraction of sp³-hybridized carbons (Fsp3) is 0.286. The fourth-order valence-corrected chi connectivity index (χ4v) is 2.29. The minimum atomic E-state index is -0.0890. The zero-order chi connectivity index (χ0) is 13.5. The number of rotatable bonds is 6. The van der Waals surface area contributed by atoms with Crippen LogP contribution in [-0.4, -0.2) is 24.0 Å². The zero-order valence-corrected chi connectivity index (χ0v) is 11.6. The molecule has 0 atom stereocenters. The number of hydrogen-bond acceptors (Lipinski definition) is 4. The maximum Gasteiger partial charge on any atom is 0.263 e. The van der Waals surface area contributed by atoms with Gasteiger partial charge in [-0.3, -0.25) is 4.79 Å². The Balaban J connectivity index is 1.72. The van der Waals surface area contributed by atoms with E-state index in [9.17, 15) is 4.79 Å². The predicted molar refractivity (Wildman–Crippen MR) is 75.8 cm³/mol. The van der Waals surface area contributed by atoms with Gasteiger partial charge in [-0.05, 0) is 18.6 Å². The zero-order valence-electron chi connectivity index (χ0n) is 10.8. The maximum absolute atomic E-state index is 11.8. The van der Waals surface area contributed by atoms with E-state index in [4.69, 9.17) is 4.74 Å². The van der Waals surface area contributed by atoms with Gasteiger partial charge in [-0.25, -0.2) is 4.98 Å². The molecule has 0 aliphatic heterocycles. The molecule has 0 radical (unpaired) electrons. The fourth-order valence-electron chi connectivity index (χ4n) is 1.52. The summed E-state index contributed by atoms with van der Waals surface area (Å²) in [5, 5.41) is 3.79. The van der Waals surface area contributed by atoms with Crippen LogP contribution in [0.4, 0.5) is 0 Å². The van der Waals surface area contributed by atoms with Gasteiger partial charge in [0.25, 0.3) is 5.91 Å².